The summed E-state index contributed by atoms with van der Waals surface area (Å²) in [5.41, 5.74) is 2.23. The lowest BCUT2D eigenvalue weighted by atomic mass is 10.1. The number of nitrogens with one attached hydrogen (secondary N) is 1. The Hall–Kier alpha value is -4.11. The second kappa shape index (κ2) is 12.6. The highest BCUT2D eigenvalue weighted by atomic mass is 79.9. The van der Waals surface area contributed by atoms with E-state index in [9.17, 15) is 14.4 Å². The molecule has 7 nitrogen and oxygen atoms in total. The molecule has 206 valence electrons. The number of benzene rings is 4. The second-order valence-electron chi connectivity index (χ2n) is 8.93. The average molecular weight is 652 g/mol. The molecule has 1 aliphatic rings. The van der Waals surface area contributed by atoms with Crippen LogP contribution in [0.2, 0.25) is 10.0 Å². The van der Waals surface area contributed by atoms with Crippen LogP contribution in [-0.2, 0) is 22.8 Å². The van der Waals surface area contributed by atoms with E-state index in [1.54, 1.807) is 60.7 Å². The van der Waals surface area contributed by atoms with Gasteiger partial charge in [-0.3, -0.25) is 14.9 Å². The normalized spacial score (nSPS) is 14.3. The SMILES string of the molecule is O=C1NC(=O)N(c2ccc(OCc3ccccc3Cl)cc2)C(=O)/C1=C/c1cc(Br)ccc1OCc1ccc(Cl)cc1. The smallest absolute Gasteiger partial charge is 0.335 e. The van der Waals surface area contributed by atoms with E-state index < -0.39 is 17.8 Å². The third-order valence-corrected chi connectivity index (χ3v) is 7.24. The summed E-state index contributed by atoms with van der Waals surface area (Å²) < 4.78 is 12.5. The van der Waals surface area contributed by atoms with Gasteiger partial charge in [0.2, 0.25) is 0 Å². The molecule has 0 atom stereocenters. The number of hydrogen-bond donors (Lipinski definition) is 1. The van der Waals surface area contributed by atoms with E-state index in [0.717, 1.165) is 16.0 Å². The van der Waals surface area contributed by atoms with Crippen LogP contribution in [0.5, 0.6) is 11.5 Å². The number of urea groups is 1. The molecule has 0 spiro atoms. The number of ether oxygens (including phenoxy) is 2. The molecule has 0 aromatic heterocycles. The molecule has 1 N–H and O–H groups in total. The number of amides is 4. The van der Waals surface area contributed by atoms with Gasteiger partial charge in [-0.1, -0.05) is 69.5 Å². The fourth-order valence-electron chi connectivity index (χ4n) is 4.02. The minimum Gasteiger partial charge on any atom is -0.489 e. The van der Waals surface area contributed by atoms with E-state index >= 15 is 0 Å². The van der Waals surface area contributed by atoms with Crippen LogP contribution >= 0.6 is 39.1 Å². The van der Waals surface area contributed by atoms with Crippen molar-refractivity contribution in [3.8, 4) is 11.5 Å². The summed E-state index contributed by atoms with van der Waals surface area (Å²) in [4.78, 5) is 39.8. The van der Waals surface area contributed by atoms with E-state index in [0.29, 0.717) is 31.6 Å². The molecule has 4 amide bonds. The summed E-state index contributed by atoms with van der Waals surface area (Å²) in [6, 6.07) is 25.3. The molecule has 4 aromatic rings. The Kier molecular flexibility index (Phi) is 8.73. The zero-order valence-corrected chi connectivity index (χ0v) is 24.4. The van der Waals surface area contributed by atoms with Crippen molar-refractivity contribution in [2.24, 2.45) is 0 Å². The predicted molar refractivity (Wildman–Crippen MR) is 161 cm³/mol. The Bertz CT molecular complexity index is 1660. The zero-order valence-electron chi connectivity index (χ0n) is 21.3. The Morgan fingerprint density at radius 2 is 1.56 bits per heavy atom. The monoisotopic (exact) mass is 650 g/mol. The second-order valence-corrected chi connectivity index (χ2v) is 10.7. The van der Waals surface area contributed by atoms with Gasteiger partial charge in [0.1, 0.15) is 30.3 Å². The molecule has 0 radical (unpaired) electrons. The molecule has 4 aromatic carbocycles. The van der Waals surface area contributed by atoms with Gasteiger partial charge < -0.3 is 9.47 Å². The van der Waals surface area contributed by atoms with Crippen molar-refractivity contribution in [3.63, 3.8) is 0 Å². The van der Waals surface area contributed by atoms with Crippen molar-refractivity contribution in [3.05, 3.63) is 128 Å². The highest BCUT2D eigenvalue weighted by Gasteiger charge is 2.37. The Labute approximate surface area is 254 Å². The number of nitrogens with zero attached hydrogens (tertiary/aromatic N) is 1. The lowest BCUT2D eigenvalue weighted by Crippen LogP contribution is -2.54. The van der Waals surface area contributed by atoms with Gasteiger partial charge in [-0.15, -0.1) is 0 Å². The van der Waals surface area contributed by atoms with Gasteiger partial charge in [0.15, 0.2) is 0 Å². The summed E-state index contributed by atoms with van der Waals surface area (Å²) in [6.45, 7) is 0.489. The number of barbiturate groups is 1. The third kappa shape index (κ3) is 6.79. The standard InChI is InChI=1S/C31H21BrCl2N2O5/c32-22-7-14-28(41-17-19-5-8-23(33)9-6-19)21(15-22)16-26-29(37)35-31(39)36(30(26)38)24-10-12-25(13-11-24)40-18-20-3-1-2-4-27(20)34/h1-16H,17-18H2,(H,35,37,39)/b26-16+. The first-order chi connectivity index (χ1) is 19.8. The Morgan fingerprint density at radius 3 is 2.29 bits per heavy atom. The lowest BCUT2D eigenvalue weighted by Gasteiger charge is -2.26. The van der Waals surface area contributed by atoms with Crippen LogP contribution in [0.25, 0.3) is 6.08 Å². The van der Waals surface area contributed by atoms with Crippen molar-refractivity contribution in [1.82, 2.24) is 5.32 Å². The molecule has 1 heterocycles. The Morgan fingerprint density at radius 1 is 0.829 bits per heavy atom. The van der Waals surface area contributed by atoms with Crippen molar-refractivity contribution < 1.29 is 23.9 Å². The van der Waals surface area contributed by atoms with Crippen LogP contribution in [0.1, 0.15) is 16.7 Å². The molecule has 0 saturated carbocycles. The average Bonchev–Trinajstić information content (AvgIpc) is 2.96. The minimum atomic E-state index is -0.852. The maximum Gasteiger partial charge on any atom is 0.335 e. The Balaban J connectivity index is 1.36. The number of halogens is 3. The van der Waals surface area contributed by atoms with Crippen LogP contribution in [0.4, 0.5) is 10.5 Å². The molecular weight excluding hydrogens is 631 g/mol. The van der Waals surface area contributed by atoms with Crippen LogP contribution < -0.4 is 19.7 Å². The number of carbonyl (C=O) groups excluding carboxylic acids is 3. The summed E-state index contributed by atoms with van der Waals surface area (Å²) in [7, 11) is 0. The van der Waals surface area contributed by atoms with Gasteiger partial charge in [0.25, 0.3) is 11.8 Å². The number of imide groups is 2. The van der Waals surface area contributed by atoms with Crippen molar-refractivity contribution in [2.45, 2.75) is 13.2 Å². The molecule has 1 aliphatic heterocycles. The fraction of sp³-hybridized carbons (Fsp3) is 0.0645. The van der Waals surface area contributed by atoms with E-state index in [-0.39, 0.29) is 24.5 Å². The quantitative estimate of drug-likeness (QED) is 0.157. The van der Waals surface area contributed by atoms with Crippen molar-refractivity contribution in [2.75, 3.05) is 4.90 Å². The number of rotatable bonds is 8. The van der Waals surface area contributed by atoms with Crippen LogP contribution in [-0.4, -0.2) is 17.8 Å². The maximum atomic E-state index is 13.5. The number of hydrogen-bond acceptors (Lipinski definition) is 5. The summed E-state index contributed by atoms with van der Waals surface area (Å²) in [5.74, 6) is -0.617. The minimum absolute atomic E-state index is 0.224. The van der Waals surface area contributed by atoms with Gasteiger partial charge in [-0.05, 0) is 72.3 Å². The molecule has 0 aliphatic carbocycles. The lowest BCUT2D eigenvalue weighted by molar-refractivity contribution is -0.122. The van der Waals surface area contributed by atoms with E-state index in [4.69, 9.17) is 32.7 Å². The molecule has 0 bridgehead atoms. The summed E-state index contributed by atoms with van der Waals surface area (Å²) in [5, 5.41) is 3.45. The van der Waals surface area contributed by atoms with Gasteiger partial charge >= 0.3 is 6.03 Å². The first kappa shape index (κ1) is 28.4. The highest BCUT2D eigenvalue weighted by molar-refractivity contribution is 9.10. The predicted octanol–water partition coefficient (Wildman–Crippen LogP) is 7.58. The van der Waals surface area contributed by atoms with Crippen LogP contribution in [0, 0.1) is 0 Å². The van der Waals surface area contributed by atoms with E-state index in [2.05, 4.69) is 21.2 Å². The fourth-order valence-corrected chi connectivity index (χ4v) is 4.72. The number of anilines is 1. The molecule has 1 saturated heterocycles. The highest BCUT2D eigenvalue weighted by Crippen LogP contribution is 2.30. The first-order valence-electron chi connectivity index (χ1n) is 12.3. The molecular formula is C31H21BrCl2N2O5. The van der Waals surface area contributed by atoms with Gasteiger partial charge in [-0.25, -0.2) is 9.69 Å². The molecule has 41 heavy (non-hydrogen) atoms. The van der Waals surface area contributed by atoms with Gasteiger partial charge in [0.05, 0.1) is 5.69 Å². The largest absolute Gasteiger partial charge is 0.489 e. The van der Waals surface area contributed by atoms with E-state index in [1.165, 1.54) is 6.08 Å². The third-order valence-electron chi connectivity index (χ3n) is 6.13. The van der Waals surface area contributed by atoms with E-state index in [1.807, 2.05) is 30.3 Å². The van der Waals surface area contributed by atoms with Crippen molar-refractivity contribution in [1.29, 1.82) is 0 Å². The molecule has 1 fully saturated rings. The molecule has 5 rings (SSSR count). The van der Waals surface area contributed by atoms with Crippen LogP contribution in [0.3, 0.4) is 0 Å². The van der Waals surface area contributed by atoms with Gasteiger partial charge in [0, 0.05) is 25.6 Å². The molecule has 10 heteroatoms. The van der Waals surface area contributed by atoms with Crippen LogP contribution in [0.15, 0.2) is 101 Å². The summed E-state index contributed by atoms with van der Waals surface area (Å²) >= 11 is 15.6. The zero-order chi connectivity index (χ0) is 28.9. The summed E-state index contributed by atoms with van der Waals surface area (Å²) in [6.07, 6.45) is 1.40. The number of carbonyl (C=O) groups is 3. The first-order valence-corrected chi connectivity index (χ1v) is 13.9. The topological polar surface area (TPSA) is 84.9 Å². The molecule has 0 unspecified atom stereocenters. The van der Waals surface area contributed by atoms with Gasteiger partial charge in [-0.2, -0.15) is 0 Å². The maximum absolute atomic E-state index is 13.5. The van der Waals surface area contributed by atoms with Crippen molar-refractivity contribution >= 4 is 68.7 Å².